The average Bonchev–Trinajstić information content (AvgIpc) is 2.89. The van der Waals surface area contributed by atoms with Gasteiger partial charge in [0.1, 0.15) is 18.4 Å². The maximum Gasteiger partial charge on any atom is 0.304 e. The lowest BCUT2D eigenvalue weighted by molar-refractivity contribution is -0.140. The second-order valence-corrected chi connectivity index (χ2v) is 12.7. The van der Waals surface area contributed by atoms with Gasteiger partial charge in [-0.1, -0.05) is 55.5 Å². The van der Waals surface area contributed by atoms with Crippen molar-refractivity contribution in [2.24, 2.45) is 0 Å². The molecular formula is C27H35Cl2FN4O4S. The number of rotatable bonds is 11. The first-order valence-corrected chi connectivity index (χ1v) is 15.1. The summed E-state index contributed by atoms with van der Waals surface area (Å²) in [6, 6.07) is 8.83. The molecule has 1 N–H and O–H groups in total. The zero-order chi connectivity index (χ0) is 28.7. The summed E-state index contributed by atoms with van der Waals surface area (Å²) in [5.41, 5.74) is 0.671. The van der Waals surface area contributed by atoms with Gasteiger partial charge in [0.15, 0.2) is 0 Å². The van der Waals surface area contributed by atoms with Crippen LogP contribution in [0.2, 0.25) is 10.0 Å². The molecule has 214 valence electrons. The summed E-state index contributed by atoms with van der Waals surface area (Å²) in [6.07, 6.45) is 5.23. The predicted molar refractivity (Wildman–Crippen MR) is 152 cm³/mol. The molecule has 0 aliphatic heterocycles. The Bertz CT molecular complexity index is 1250. The van der Waals surface area contributed by atoms with Crippen molar-refractivity contribution >= 4 is 50.9 Å². The Labute approximate surface area is 240 Å². The van der Waals surface area contributed by atoms with E-state index < -0.39 is 34.5 Å². The third-order valence-corrected chi connectivity index (χ3v) is 9.23. The number of nitrogens with zero attached hydrogens (tertiary/aromatic N) is 3. The van der Waals surface area contributed by atoms with Gasteiger partial charge in [0.25, 0.3) is 0 Å². The summed E-state index contributed by atoms with van der Waals surface area (Å²) in [5.74, 6) is -1.45. The van der Waals surface area contributed by atoms with Crippen molar-refractivity contribution in [3.8, 4) is 0 Å². The summed E-state index contributed by atoms with van der Waals surface area (Å²) in [5, 5.41) is 3.82. The highest BCUT2D eigenvalue weighted by atomic mass is 35.5. The zero-order valence-corrected chi connectivity index (χ0v) is 24.7. The highest BCUT2D eigenvalue weighted by molar-refractivity contribution is 7.90. The number of hydrogen-bond donors (Lipinski definition) is 1. The average molecular weight is 602 g/mol. The van der Waals surface area contributed by atoms with Crippen LogP contribution in [-0.2, 0) is 26.3 Å². The monoisotopic (exact) mass is 600 g/mol. The van der Waals surface area contributed by atoms with Crippen molar-refractivity contribution in [1.29, 1.82) is 0 Å². The van der Waals surface area contributed by atoms with E-state index in [0.29, 0.717) is 22.0 Å². The van der Waals surface area contributed by atoms with Crippen molar-refractivity contribution in [3.63, 3.8) is 0 Å². The first-order valence-electron chi connectivity index (χ1n) is 12.9. The molecule has 0 heterocycles. The van der Waals surface area contributed by atoms with Crippen LogP contribution >= 0.6 is 23.2 Å². The Morgan fingerprint density at radius 2 is 1.69 bits per heavy atom. The fourth-order valence-corrected chi connectivity index (χ4v) is 6.15. The smallest absolute Gasteiger partial charge is 0.304 e. The molecule has 0 saturated heterocycles. The SMILES string of the molecule is CC[C@@H](C(=O)NC1CCCCC1)N(Cc1ccc(Cl)cc1Cl)C(=O)CN(c1ccc(F)cc1)S(=O)(=O)N(C)C. The molecule has 1 atom stereocenters. The van der Waals surface area contributed by atoms with E-state index in [4.69, 9.17) is 23.2 Å². The number of benzene rings is 2. The molecule has 0 bridgehead atoms. The number of amides is 2. The van der Waals surface area contributed by atoms with Crippen LogP contribution in [0.4, 0.5) is 10.1 Å². The topological polar surface area (TPSA) is 90.0 Å². The molecule has 0 spiro atoms. The number of anilines is 1. The van der Waals surface area contributed by atoms with E-state index >= 15 is 0 Å². The van der Waals surface area contributed by atoms with E-state index in [9.17, 15) is 22.4 Å². The Morgan fingerprint density at radius 3 is 2.26 bits per heavy atom. The van der Waals surface area contributed by atoms with Crippen molar-refractivity contribution in [2.45, 2.75) is 64.1 Å². The van der Waals surface area contributed by atoms with Crippen LogP contribution in [0.25, 0.3) is 0 Å². The highest BCUT2D eigenvalue weighted by Gasteiger charge is 2.34. The number of carbonyl (C=O) groups is 2. The van der Waals surface area contributed by atoms with E-state index in [-0.39, 0.29) is 24.2 Å². The second-order valence-electron chi connectivity index (χ2n) is 9.80. The van der Waals surface area contributed by atoms with Gasteiger partial charge in [-0.3, -0.25) is 9.59 Å². The fraction of sp³-hybridized carbons (Fsp3) is 0.481. The standard InChI is InChI=1S/C27H35Cl2FN4O4S/c1-4-25(27(36)31-22-8-6-5-7-9-22)33(17-19-10-11-20(28)16-24(19)29)26(35)18-34(39(37,38)32(2)3)23-14-12-21(30)13-15-23/h10-16,22,25H,4-9,17-18H2,1-3H3,(H,31,36)/t25-/m0/s1. The summed E-state index contributed by atoms with van der Waals surface area (Å²) in [4.78, 5) is 28.8. The van der Waals surface area contributed by atoms with E-state index in [0.717, 1.165) is 52.8 Å². The lowest BCUT2D eigenvalue weighted by Gasteiger charge is -2.35. The number of halogens is 3. The van der Waals surface area contributed by atoms with Crippen LogP contribution in [0.15, 0.2) is 42.5 Å². The normalized spacial score (nSPS) is 15.2. The van der Waals surface area contributed by atoms with Crippen LogP contribution < -0.4 is 9.62 Å². The number of carbonyl (C=O) groups excluding carboxylic acids is 2. The molecule has 1 saturated carbocycles. The molecule has 0 aromatic heterocycles. The van der Waals surface area contributed by atoms with Crippen molar-refractivity contribution in [1.82, 2.24) is 14.5 Å². The van der Waals surface area contributed by atoms with E-state index in [1.807, 2.05) is 0 Å². The minimum Gasteiger partial charge on any atom is -0.352 e. The van der Waals surface area contributed by atoms with Gasteiger partial charge >= 0.3 is 10.2 Å². The van der Waals surface area contributed by atoms with Crippen molar-refractivity contribution in [3.05, 3.63) is 63.9 Å². The van der Waals surface area contributed by atoms with Gasteiger partial charge in [-0.05, 0) is 61.2 Å². The van der Waals surface area contributed by atoms with Crippen LogP contribution in [0.3, 0.4) is 0 Å². The van der Waals surface area contributed by atoms with Gasteiger partial charge < -0.3 is 10.2 Å². The first-order chi connectivity index (χ1) is 18.4. The van der Waals surface area contributed by atoms with E-state index in [1.165, 1.54) is 31.1 Å². The number of hydrogen-bond acceptors (Lipinski definition) is 4. The quantitative estimate of drug-likeness (QED) is 0.393. The molecule has 3 rings (SSSR count). The molecule has 2 aromatic carbocycles. The summed E-state index contributed by atoms with van der Waals surface area (Å²) in [7, 11) is -1.46. The van der Waals surface area contributed by atoms with Crippen molar-refractivity contribution < 1.29 is 22.4 Å². The molecule has 1 fully saturated rings. The second kappa shape index (κ2) is 13.8. The molecule has 39 heavy (non-hydrogen) atoms. The van der Waals surface area contributed by atoms with Gasteiger partial charge in [-0.2, -0.15) is 12.7 Å². The first kappa shape index (κ1) is 31.1. The molecule has 0 unspecified atom stereocenters. The third kappa shape index (κ3) is 8.06. The molecule has 2 aromatic rings. The van der Waals surface area contributed by atoms with Gasteiger partial charge in [0.2, 0.25) is 11.8 Å². The molecule has 12 heteroatoms. The predicted octanol–water partition coefficient (Wildman–Crippen LogP) is 5.00. The third-order valence-electron chi connectivity index (χ3n) is 6.83. The fourth-order valence-electron chi connectivity index (χ4n) is 4.62. The molecule has 0 radical (unpaired) electrons. The summed E-state index contributed by atoms with van der Waals surface area (Å²) in [6.45, 7) is 1.15. The van der Waals surface area contributed by atoms with Crippen LogP contribution in [-0.4, -0.2) is 62.2 Å². The molecule has 2 amide bonds. The van der Waals surface area contributed by atoms with Crippen LogP contribution in [0.1, 0.15) is 51.0 Å². The van der Waals surface area contributed by atoms with Gasteiger partial charge in [-0.15, -0.1) is 0 Å². The van der Waals surface area contributed by atoms with E-state index in [1.54, 1.807) is 25.1 Å². The largest absolute Gasteiger partial charge is 0.352 e. The van der Waals surface area contributed by atoms with Crippen LogP contribution in [0.5, 0.6) is 0 Å². The Morgan fingerprint density at radius 1 is 1.05 bits per heavy atom. The van der Waals surface area contributed by atoms with Gasteiger partial charge in [-0.25, -0.2) is 8.70 Å². The number of nitrogens with one attached hydrogen (secondary N) is 1. The van der Waals surface area contributed by atoms with Crippen LogP contribution in [0, 0.1) is 5.82 Å². The van der Waals surface area contributed by atoms with Gasteiger partial charge in [0.05, 0.1) is 5.69 Å². The molecular weight excluding hydrogens is 566 g/mol. The summed E-state index contributed by atoms with van der Waals surface area (Å²) >= 11 is 12.5. The minimum absolute atomic E-state index is 0.0289. The highest BCUT2D eigenvalue weighted by Crippen LogP contribution is 2.26. The lowest BCUT2D eigenvalue weighted by atomic mass is 9.95. The minimum atomic E-state index is -4.14. The van der Waals surface area contributed by atoms with Gasteiger partial charge in [0, 0.05) is 36.7 Å². The summed E-state index contributed by atoms with van der Waals surface area (Å²) < 4.78 is 42.0. The maximum atomic E-state index is 13.9. The zero-order valence-electron chi connectivity index (χ0n) is 22.4. The van der Waals surface area contributed by atoms with Crippen molar-refractivity contribution in [2.75, 3.05) is 24.9 Å². The maximum absolute atomic E-state index is 13.9. The Hall–Kier alpha value is -2.40. The Balaban J connectivity index is 1.98. The molecule has 8 nitrogen and oxygen atoms in total. The molecule has 1 aliphatic rings. The lowest BCUT2D eigenvalue weighted by Crippen LogP contribution is -2.54. The van der Waals surface area contributed by atoms with E-state index in [2.05, 4.69) is 5.32 Å². The molecule has 1 aliphatic carbocycles. The Kier molecular flexibility index (Phi) is 11.0.